The molecular weight excluding hydrogens is 216 g/mol. The molecule has 0 bridgehead atoms. The van der Waals surface area contributed by atoms with Crippen LogP contribution in [0, 0.1) is 0 Å². The van der Waals surface area contributed by atoms with Crippen LogP contribution in [-0.2, 0) is 16.1 Å². The van der Waals surface area contributed by atoms with Gasteiger partial charge in [0.2, 0.25) is 5.91 Å². The normalized spacial score (nSPS) is 20.9. The van der Waals surface area contributed by atoms with Gasteiger partial charge >= 0.3 is 5.97 Å². The maximum absolute atomic E-state index is 11.5. The summed E-state index contributed by atoms with van der Waals surface area (Å²) < 4.78 is 0. The van der Waals surface area contributed by atoms with E-state index in [1.165, 1.54) is 16.2 Å². The highest BCUT2D eigenvalue weighted by Crippen LogP contribution is 2.21. The maximum atomic E-state index is 11.5. The summed E-state index contributed by atoms with van der Waals surface area (Å²) in [6.07, 6.45) is 0.722. The molecule has 80 valence electrons. The Balaban J connectivity index is 2.11. The highest BCUT2D eigenvalue weighted by molar-refractivity contribution is 7.07. The van der Waals surface area contributed by atoms with Gasteiger partial charge in [0.1, 0.15) is 6.04 Å². The average molecular weight is 226 g/mol. The number of amides is 1. The number of carbonyl (C=O) groups is 2. The summed E-state index contributed by atoms with van der Waals surface area (Å²) >= 11 is 1.44. The van der Waals surface area contributed by atoms with Crippen molar-refractivity contribution in [2.75, 3.05) is 0 Å². The molecular formula is C9H10N2O3S. The molecule has 1 amide bonds. The molecule has 1 aliphatic rings. The summed E-state index contributed by atoms with van der Waals surface area (Å²) in [5.41, 5.74) is 2.42. The van der Waals surface area contributed by atoms with Gasteiger partial charge in [0, 0.05) is 11.8 Å². The van der Waals surface area contributed by atoms with E-state index in [0.29, 0.717) is 19.4 Å². The number of nitrogens with zero attached hydrogens (tertiary/aromatic N) is 2. The number of carbonyl (C=O) groups excluding carboxylic acids is 1. The summed E-state index contributed by atoms with van der Waals surface area (Å²) in [6, 6.07) is -0.681. The zero-order valence-electron chi connectivity index (χ0n) is 7.92. The molecule has 1 N–H and O–H groups in total. The second-order valence-corrected chi connectivity index (χ2v) is 4.11. The SMILES string of the molecule is O=C(O)C1CCC(=O)N1Cc1cscn1. The van der Waals surface area contributed by atoms with Crippen molar-refractivity contribution >= 4 is 23.2 Å². The lowest BCUT2D eigenvalue weighted by molar-refractivity contribution is -0.146. The van der Waals surface area contributed by atoms with E-state index in [1.54, 1.807) is 5.51 Å². The molecule has 1 saturated heterocycles. The second-order valence-electron chi connectivity index (χ2n) is 3.39. The largest absolute Gasteiger partial charge is 0.480 e. The van der Waals surface area contributed by atoms with E-state index in [-0.39, 0.29) is 5.91 Å². The van der Waals surface area contributed by atoms with Crippen LogP contribution in [0.1, 0.15) is 18.5 Å². The Morgan fingerprint density at radius 3 is 3.13 bits per heavy atom. The maximum Gasteiger partial charge on any atom is 0.326 e. The van der Waals surface area contributed by atoms with Crippen LogP contribution in [0.4, 0.5) is 0 Å². The van der Waals surface area contributed by atoms with Crippen molar-refractivity contribution < 1.29 is 14.7 Å². The molecule has 1 atom stereocenters. The van der Waals surface area contributed by atoms with E-state index >= 15 is 0 Å². The van der Waals surface area contributed by atoms with Crippen LogP contribution in [0.15, 0.2) is 10.9 Å². The minimum atomic E-state index is -0.934. The van der Waals surface area contributed by atoms with Crippen molar-refractivity contribution in [3.8, 4) is 0 Å². The lowest BCUT2D eigenvalue weighted by Crippen LogP contribution is -2.37. The van der Waals surface area contributed by atoms with E-state index < -0.39 is 12.0 Å². The van der Waals surface area contributed by atoms with E-state index in [4.69, 9.17) is 5.11 Å². The zero-order valence-corrected chi connectivity index (χ0v) is 8.74. The molecule has 2 heterocycles. The van der Waals surface area contributed by atoms with Crippen molar-refractivity contribution in [3.63, 3.8) is 0 Å². The highest BCUT2D eigenvalue weighted by Gasteiger charge is 2.35. The minimum absolute atomic E-state index is 0.101. The Kier molecular flexibility index (Phi) is 2.68. The van der Waals surface area contributed by atoms with E-state index in [2.05, 4.69) is 4.98 Å². The predicted molar refractivity (Wildman–Crippen MR) is 53.3 cm³/mol. The fourth-order valence-electron chi connectivity index (χ4n) is 1.68. The van der Waals surface area contributed by atoms with Crippen molar-refractivity contribution in [3.05, 3.63) is 16.6 Å². The molecule has 1 aliphatic heterocycles. The number of rotatable bonds is 3. The second kappa shape index (κ2) is 3.98. The Morgan fingerprint density at radius 1 is 1.73 bits per heavy atom. The molecule has 1 aromatic rings. The first-order valence-corrected chi connectivity index (χ1v) is 5.52. The fraction of sp³-hybridized carbons (Fsp3) is 0.444. The number of aromatic nitrogens is 1. The quantitative estimate of drug-likeness (QED) is 0.824. The van der Waals surface area contributed by atoms with Gasteiger partial charge in [0.25, 0.3) is 0 Å². The molecule has 1 fully saturated rings. The summed E-state index contributed by atoms with van der Waals surface area (Å²) in [5.74, 6) is -1.04. The first-order chi connectivity index (χ1) is 7.18. The van der Waals surface area contributed by atoms with Gasteiger partial charge in [-0.1, -0.05) is 0 Å². The van der Waals surface area contributed by atoms with Gasteiger partial charge in [-0.3, -0.25) is 4.79 Å². The van der Waals surface area contributed by atoms with Crippen molar-refractivity contribution in [1.82, 2.24) is 9.88 Å². The smallest absolute Gasteiger partial charge is 0.326 e. The van der Waals surface area contributed by atoms with Gasteiger partial charge in [0.15, 0.2) is 0 Å². The molecule has 15 heavy (non-hydrogen) atoms. The standard InChI is InChI=1S/C9H10N2O3S/c12-8-2-1-7(9(13)14)11(8)3-6-4-15-5-10-6/h4-5,7H,1-3H2,(H,13,14). The predicted octanol–water partition coefficient (Wildman–Crippen LogP) is 0.719. The van der Waals surface area contributed by atoms with Crippen LogP contribution >= 0.6 is 11.3 Å². The summed E-state index contributed by atoms with van der Waals surface area (Å²) in [5, 5.41) is 10.7. The third-order valence-corrected chi connectivity index (χ3v) is 3.06. The molecule has 1 aromatic heterocycles. The molecule has 5 nitrogen and oxygen atoms in total. The Labute approximate surface area is 90.4 Å². The molecule has 6 heteroatoms. The summed E-state index contributed by atoms with van der Waals surface area (Å²) in [6.45, 7) is 0.305. The van der Waals surface area contributed by atoms with Crippen LogP contribution in [-0.4, -0.2) is 32.9 Å². The lowest BCUT2D eigenvalue weighted by atomic mass is 10.2. The molecule has 1 unspecified atom stereocenters. The Hall–Kier alpha value is -1.43. The van der Waals surface area contributed by atoms with Gasteiger partial charge in [-0.05, 0) is 6.42 Å². The van der Waals surface area contributed by atoms with Crippen molar-refractivity contribution in [2.45, 2.75) is 25.4 Å². The van der Waals surface area contributed by atoms with Crippen LogP contribution in [0.2, 0.25) is 0 Å². The zero-order chi connectivity index (χ0) is 10.8. The molecule has 0 spiro atoms. The Bertz CT molecular complexity index is 377. The van der Waals surface area contributed by atoms with Gasteiger partial charge in [0.05, 0.1) is 17.7 Å². The third-order valence-electron chi connectivity index (χ3n) is 2.43. The summed E-state index contributed by atoms with van der Waals surface area (Å²) in [7, 11) is 0. The van der Waals surface area contributed by atoms with Gasteiger partial charge < -0.3 is 10.0 Å². The highest BCUT2D eigenvalue weighted by atomic mass is 32.1. The number of carboxylic acids is 1. The van der Waals surface area contributed by atoms with Crippen LogP contribution in [0.5, 0.6) is 0 Å². The van der Waals surface area contributed by atoms with Crippen LogP contribution < -0.4 is 0 Å². The fourth-order valence-corrected chi connectivity index (χ4v) is 2.23. The monoisotopic (exact) mass is 226 g/mol. The topological polar surface area (TPSA) is 70.5 Å². The van der Waals surface area contributed by atoms with Gasteiger partial charge in [-0.2, -0.15) is 0 Å². The van der Waals surface area contributed by atoms with E-state index in [1.807, 2.05) is 5.38 Å². The Morgan fingerprint density at radius 2 is 2.53 bits per heavy atom. The number of aliphatic carboxylic acids is 1. The van der Waals surface area contributed by atoms with Crippen molar-refractivity contribution in [1.29, 1.82) is 0 Å². The van der Waals surface area contributed by atoms with Gasteiger partial charge in [-0.25, -0.2) is 9.78 Å². The first-order valence-electron chi connectivity index (χ1n) is 4.58. The van der Waals surface area contributed by atoms with Crippen LogP contribution in [0.25, 0.3) is 0 Å². The first kappa shape index (κ1) is 10.1. The summed E-state index contributed by atoms with van der Waals surface area (Å²) in [4.78, 5) is 27.8. The van der Waals surface area contributed by atoms with E-state index in [0.717, 1.165) is 5.69 Å². The molecule has 0 aliphatic carbocycles. The number of hydrogen-bond acceptors (Lipinski definition) is 4. The number of likely N-dealkylation sites (tertiary alicyclic amines) is 1. The number of carboxylic acid groups (broad SMARTS) is 1. The van der Waals surface area contributed by atoms with Crippen LogP contribution in [0.3, 0.4) is 0 Å². The molecule has 0 aromatic carbocycles. The lowest BCUT2D eigenvalue weighted by Gasteiger charge is -2.20. The third kappa shape index (κ3) is 1.99. The molecule has 0 saturated carbocycles. The molecule has 0 radical (unpaired) electrons. The van der Waals surface area contributed by atoms with Gasteiger partial charge in [-0.15, -0.1) is 11.3 Å². The minimum Gasteiger partial charge on any atom is -0.480 e. The van der Waals surface area contributed by atoms with Crippen molar-refractivity contribution in [2.24, 2.45) is 0 Å². The average Bonchev–Trinajstić information content (AvgIpc) is 2.78. The molecule has 2 rings (SSSR count). The number of thiazole rings is 1. The van der Waals surface area contributed by atoms with E-state index in [9.17, 15) is 9.59 Å². The number of hydrogen-bond donors (Lipinski definition) is 1.